The van der Waals surface area contributed by atoms with E-state index in [1.54, 1.807) is 36.0 Å². The lowest BCUT2D eigenvalue weighted by molar-refractivity contribution is -0.122. The van der Waals surface area contributed by atoms with Gasteiger partial charge in [-0.05, 0) is 31.2 Å². The van der Waals surface area contributed by atoms with Crippen LogP contribution in [0.3, 0.4) is 0 Å². The van der Waals surface area contributed by atoms with Crippen molar-refractivity contribution >= 4 is 17.7 Å². The molecule has 0 aliphatic carbocycles. The number of nitrogens with one attached hydrogen (secondary N) is 1. The zero-order valence-electron chi connectivity index (χ0n) is 12.9. The molecule has 2 aromatic rings. The van der Waals surface area contributed by atoms with E-state index in [4.69, 9.17) is 10.00 Å². The number of hydrogen-bond acceptors (Lipinski definition) is 4. The SMILES string of the molecule is Cc1ccc(SCCNC(=O)COc2ccccc2C#N)cc1. The Kier molecular flexibility index (Phi) is 6.52. The highest BCUT2D eigenvalue weighted by Crippen LogP contribution is 2.17. The third-order valence-corrected chi connectivity index (χ3v) is 4.09. The highest BCUT2D eigenvalue weighted by molar-refractivity contribution is 7.99. The Morgan fingerprint density at radius 2 is 1.96 bits per heavy atom. The van der Waals surface area contributed by atoms with Gasteiger partial charge in [-0.25, -0.2) is 0 Å². The molecule has 0 aromatic heterocycles. The summed E-state index contributed by atoms with van der Waals surface area (Å²) in [7, 11) is 0. The Balaban J connectivity index is 1.67. The zero-order chi connectivity index (χ0) is 16.5. The standard InChI is InChI=1S/C18H18N2O2S/c1-14-6-8-16(9-7-14)23-11-10-20-18(21)13-22-17-5-3-2-4-15(17)12-19/h2-9H,10-11,13H2,1H3,(H,20,21). The third-order valence-electron chi connectivity index (χ3n) is 3.08. The molecule has 0 aliphatic rings. The second kappa shape index (κ2) is 8.86. The first-order chi connectivity index (χ1) is 11.2. The molecule has 118 valence electrons. The molecule has 0 saturated carbocycles. The monoisotopic (exact) mass is 326 g/mol. The van der Waals surface area contributed by atoms with Gasteiger partial charge in [0.1, 0.15) is 11.8 Å². The Morgan fingerprint density at radius 3 is 2.70 bits per heavy atom. The predicted molar refractivity (Wildman–Crippen MR) is 91.6 cm³/mol. The van der Waals surface area contributed by atoms with Crippen LogP contribution in [-0.4, -0.2) is 24.8 Å². The van der Waals surface area contributed by atoms with Gasteiger partial charge in [0.15, 0.2) is 6.61 Å². The molecule has 2 rings (SSSR count). The first kappa shape index (κ1) is 16.9. The molecule has 0 bridgehead atoms. The van der Waals surface area contributed by atoms with E-state index in [0.29, 0.717) is 17.9 Å². The first-order valence-electron chi connectivity index (χ1n) is 7.27. The summed E-state index contributed by atoms with van der Waals surface area (Å²) in [5.41, 5.74) is 1.66. The van der Waals surface area contributed by atoms with E-state index >= 15 is 0 Å². The summed E-state index contributed by atoms with van der Waals surface area (Å²) in [5.74, 6) is 1.03. The summed E-state index contributed by atoms with van der Waals surface area (Å²) >= 11 is 1.69. The summed E-state index contributed by atoms with van der Waals surface area (Å²) < 4.78 is 5.38. The van der Waals surface area contributed by atoms with Gasteiger partial charge in [0, 0.05) is 17.2 Å². The maximum absolute atomic E-state index is 11.7. The second-order valence-electron chi connectivity index (χ2n) is 4.91. The van der Waals surface area contributed by atoms with Crippen LogP contribution in [0.25, 0.3) is 0 Å². The van der Waals surface area contributed by atoms with Crippen LogP contribution >= 0.6 is 11.8 Å². The predicted octanol–water partition coefficient (Wildman–Crippen LogP) is 3.15. The molecule has 0 aliphatic heterocycles. The number of nitriles is 1. The fourth-order valence-corrected chi connectivity index (χ4v) is 2.64. The average Bonchev–Trinajstić information content (AvgIpc) is 2.58. The number of hydrogen-bond donors (Lipinski definition) is 1. The van der Waals surface area contributed by atoms with Crippen molar-refractivity contribution in [3.63, 3.8) is 0 Å². The Labute approximate surface area is 140 Å². The number of nitrogens with zero attached hydrogens (tertiary/aromatic N) is 1. The molecule has 0 spiro atoms. The minimum atomic E-state index is -0.192. The smallest absolute Gasteiger partial charge is 0.257 e. The Morgan fingerprint density at radius 1 is 1.22 bits per heavy atom. The van der Waals surface area contributed by atoms with Gasteiger partial charge < -0.3 is 10.1 Å². The van der Waals surface area contributed by atoms with Crippen LogP contribution in [0, 0.1) is 18.3 Å². The van der Waals surface area contributed by atoms with Crippen molar-refractivity contribution in [3.8, 4) is 11.8 Å². The van der Waals surface area contributed by atoms with Gasteiger partial charge in [0.25, 0.3) is 5.91 Å². The summed E-state index contributed by atoms with van der Waals surface area (Å²) in [6.07, 6.45) is 0. The number of benzene rings is 2. The lowest BCUT2D eigenvalue weighted by Crippen LogP contribution is -2.30. The molecule has 0 unspecified atom stereocenters. The maximum Gasteiger partial charge on any atom is 0.257 e. The van der Waals surface area contributed by atoms with E-state index in [-0.39, 0.29) is 12.5 Å². The number of carbonyl (C=O) groups excluding carboxylic acids is 1. The number of para-hydroxylation sites is 1. The number of carbonyl (C=O) groups is 1. The summed E-state index contributed by atoms with van der Waals surface area (Å²) in [4.78, 5) is 12.9. The Bertz CT molecular complexity index is 693. The fourth-order valence-electron chi connectivity index (χ4n) is 1.87. The fraction of sp³-hybridized carbons (Fsp3) is 0.222. The van der Waals surface area contributed by atoms with Crippen LogP contribution in [0.5, 0.6) is 5.75 Å². The number of ether oxygens (including phenoxy) is 1. The van der Waals surface area contributed by atoms with Crippen molar-refractivity contribution in [2.45, 2.75) is 11.8 Å². The van der Waals surface area contributed by atoms with E-state index < -0.39 is 0 Å². The minimum Gasteiger partial charge on any atom is -0.482 e. The molecule has 4 nitrogen and oxygen atoms in total. The van der Waals surface area contributed by atoms with E-state index in [2.05, 4.69) is 36.5 Å². The maximum atomic E-state index is 11.7. The van der Waals surface area contributed by atoms with Crippen LogP contribution < -0.4 is 10.1 Å². The van der Waals surface area contributed by atoms with Crippen LogP contribution in [0.2, 0.25) is 0 Å². The van der Waals surface area contributed by atoms with Crippen molar-refractivity contribution in [1.82, 2.24) is 5.32 Å². The van der Waals surface area contributed by atoms with Crippen molar-refractivity contribution in [2.75, 3.05) is 18.9 Å². The lowest BCUT2D eigenvalue weighted by Gasteiger charge is -2.08. The molecule has 0 atom stereocenters. The van der Waals surface area contributed by atoms with Crippen molar-refractivity contribution in [3.05, 3.63) is 59.7 Å². The molecule has 1 N–H and O–H groups in total. The normalized spacial score (nSPS) is 9.91. The minimum absolute atomic E-state index is 0.0894. The molecule has 0 fully saturated rings. The van der Waals surface area contributed by atoms with Gasteiger partial charge in [0.05, 0.1) is 5.56 Å². The third kappa shape index (κ3) is 5.68. The second-order valence-corrected chi connectivity index (χ2v) is 6.08. The van der Waals surface area contributed by atoms with E-state index in [1.165, 1.54) is 10.5 Å². The largest absolute Gasteiger partial charge is 0.482 e. The van der Waals surface area contributed by atoms with Crippen molar-refractivity contribution < 1.29 is 9.53 Å². The zero-order valence-corrected chi connectivity index (χ0v) is 13.7. The molecule has 23 heavy (non-hydrogen) atoms. The number of aryl methyl sites for hydroxylation is 1. The van der Waals surface area contributed by atoms with Gasteiger partial charge in [-0.3, -0.25) is 4.79 Å². The first-order valence-corrected chi connectivity index (χ1v) is 8.25. The van der Waals surface area contributed by atoms with Gasteiger partial charge in [-0.2, -0.15) is 5.26 Å². The van der Waals surface area contributed by atoms with Gasteiger partial charge in [-0.1, -0.05) is 29.8 Å². The molecule has 5 heteroatoms. The molecule has 2 aromatic carbocycles. The quantitative estimate of drug-likeness (QED) is 0.627. The summed E-state index contributed by atoms with van der Waals surface area (Å²) in [6, 6.07) is 17.2. The highest BCUT2D eigenvalue weighted by atomic mass is 32.2. The number of amides is 1. The van der Waals surface area contributed by atoms with Crippen LogP contribution in [-0.2, 0) is 4.79 Å². The molecule has 0 heterocycles. The van der Waals surface area contributed by atoms with Gasteiger partial charge in [-0.15, -0.1) is 11.8 Å². The van der Waals surface area contributed by atoms with Crippen LogP contribution in [0.1, 0.15) is 11.1 Å². The Hall–Kier alpha value is -2.45. The molecule has 1 amide bonds. The van der Waals surface area contributed by atoms with E-state index in [0.717, 1.165) is 5.75 Å². The number of rotatable bonds is 7. The van der Waals surface area contributed by atoms with Crippen molar-refractivity contribution in [2.24, 2.45) is 0 Å². The summed E-state index contributed by atoms with van der Waals surface area (Å²) in [6.45, 7) is 2.54. The van der Waals surface area contributed by atoms with E-state index in [1.807, 2.05) is 6.07 Å². The molecule has 0 radical (unpaired) electrons. The van der Waals surface area contributed by atoms with Crippen molar-refractivity contribution in [1.29, 1.82) is 5.26 Å². The molecular formula is C18H18N2O2S. The molecular weight excluding hydrogens is 308 g/mol. The number of thioether (sulfide) groups is 1. The van der Waals surface area contributed by atoms with E-state index in [9.17, 15) is 4.79 Å². The van der Waals surface area contributed by atoms with Crippen LogP contribution in [0.15, 0.2) is 53.4 Å². The van der Waals surface area contributed by atoms with Gasteiger partial charge in [0.2, 0.25) is 0 Å². The van der Waals surface area contributed by atoms with Gasteiger partial charge >= 0.3 is 0 Å². The summed E-state index contributed by atoms with van der Waals surface area (Å²) in [5, 5.41) is 11.8. The lowest BCUT2D eigenvalue weighted by atomic mass is 10.2. The topological polar surface area (TPSA) is 62.1 Å². The highest BCUT2D eigenvalue weighted by Gasteiger charge is 2.05. The molecule has 0 saturated heterocycles. The average molecular weight is 326 g/mol. The van der Waals surface area contributed by atoms with Crippen LogP contribution in [0.4, 0.5) is 0 Å².